The molecule has 2 N–H and O–H groups in total. The Morgan fingerprint density at radius 3 is 3.00 bits per heavy atom. The summed E-state index contributed by atoms with van der Waals surface area (Å²) >= 11 is 0. The third kappa shape index (κ3) is 1.51. The molecule has 0 radical (unpaired) electrons. The predicted molar refractivity (Wildman–Crippen MR) is 56.2 cm³/mol. The van der Waals surface area contributed by atoms with E-state index in [0.29, 0.717) is 17.6 Å². The largest absolute Gasteiger partial charge is 0.332 e. The van der Waals surface area contributed by atoms with Crippen molar-refractivity contribution in [1.82, 2.24) is 19.7 Å². The predicted octanol–water partition coefficient (Wildman–Crippen LogP) is 0.880. The second-order valence-electron chi connectivity index (χ2n) is 4.21. The summed E-state index contributed by atoms with van der Waals surface area (Å²) in [7, 11) is 1.88. The monoisotopic (exact) mass is 219 g/mol. The quantitative estimate of drug-likeness (QED) is 0.828. The van der Waals surface area contributed by atoms with Crippen molar-refractivity contribution in [3.8, 4) is 11.6 Å². The zero-order valence-electron chi connectivity index (χ0n) is 9.00. The molecule has 2 heterocycles. The number of imidazole rings is 1. The molecular formula is C10H13N5O. The van der Waals surface area contributed by atoms with Crippen molar-refractivity contribution in [1.29, 1.82) is 0 Å². The molecule has 1 fully saturated rings. The molecule has 0 aliphatic heterocycles. The standard InChI is InChI=1S/C10H13N5O/c1-15-5-12-4-7(15)10-13-9(14-16-10)8(11)6-2-3-6/h4-6,8H,2-3,11H2,1H3. The van der Waals surface area contributed by atoms with Crippen molar-refractivity contribution in [2.45, 2.75) is 18.9 Å². The smallest absolute Gasteiger partial charge is 0.276 e. The van der Waals surface area contributed by atoms with E-state index in [-0.39, 0.29) is 6.04 Å². The molecule has 1 aliphatic carbocycles. The van der Waals surface area contributed by atoms with Gasteiger partial charge in [-0.15, -0.1) is 0 Å². The van der Waals surface area contributed by atoms with Crippen molar-refractivity contribution in [3.05, 3.63) is 18.3 Å². The number of aromatic nitrogens is 4. The van der Waals surface area contributed by atoms with Crippen molar-refractivity contribution in [3.63, 3.8) is 0 Å². The summed E-state index contributed by atoms with van der Waals surface area (Å²) < 4.78 is 7.02. The van der Waals surface area contributed by atoms with Gasteiger partial charge in [0.05, 0.1) is 18.6 Å². The fourth-order valence-corrected chi connectivity index (χ4v) is 1.70. The lowest BCUT2D eigenvalue weighted by Crippen LogP contribution is -2.13. The summed E-state index contributed by atoms with van der Waals surface area (Å²) in [6, 6.07) is -0.0919. The van der Waals surface area contributed by atoms with E-state index >= 15 is 0 Å². The topological polar surface area (TPSA) is 82.8 Å². The Hall–Kier alpha value is -1.69. The summed E-state index contributed by atoms with van der Waals surface area (Å²) in [6.07, 6.45) is 5.72. The first-order chi connectivity index (χ1) is 7.75. The zero-order chi connectivity index (χ0) is 11.1. The molecule has 1 aliphatic rings. The van der Waals surface area contributed by atoms with Crippen LogP contribution in [-0.2, 0) is 7.05 Å². The van der Waals surface area contributed by atoms with Gasteiger partial charge in [0.25, 0.3) is 5.89 Å². The molecule has 0 bridgehead atoms. The molecule has 0 saturated heterocycles. The molecule has 2 aromatic heterocycles. The van der Waals surface area contributed by atoms with Gasteiger partial charge in [0.15, 0.2) is 5.82 Å². The van der Waals surface area contributed by atoms with Crippen molar-refractivity contribution in [2.75, 3.05) is 0 Å². The maximum absolute atomic E-state index is 6.00. The minimum atomic E-state index is -0.0919. The Morgan fingerprint density at radius 1 is 1.56 bits per heavy atom. The van der Waals surface area contributed by atoms with Crippen LogP contribution >= 0.6 is 0 Å². The normalized spacial score (nSPS) is 17.6. The van der Waals surface area contributed by atoms with Gasteiger partial charge in [0.2, 0.25) is 0 Å². The molecule has 0 aromatic carbocycles. The lowest BCUT2D eigenvalue weighted by molar-refractivity contribution is 0.409. The average Bonchev–Trinajstić information content (AvgIpc) is 2.86. The van der Waals surface area contributed by atoms with E-state index in [1.165, 1.54) is 0 Å². The fraction of sp³-hybridized carbons (Fsp3) is 0.500. The van der Waals surface area contributed by atoms with E-state index in [1.807, 2.05) is 11.6 Å². The number of hydrogen-bond donors (Lipinski definition) is 1. The number of nitrogens with zero attached hydrogens (tertiary/aromatic N) is 4. The Bertz CT molecular complexity index is 499. The van der Waals surface area contributed by atoms with Crippen molar-refractivity contribution >= 4 is 0 Å². The third-order valence-corrected chi connectivity index (χ3v) is 2.91. The second-order valence-corrected chi connectivity index (χ2v) is 4.21. The van der Waals surface area contributed by atoms with Gasteiger partial charge in [0, 0.05) is 7.05 Å². The van der Waals surface area contributed by atoms with E-state index < -0.39 is 0 Å². The zero-order valence-corrected chi connectivity index (χ0v) is 9.00. The van der Waals surface area contributed by atoms with Crippen LogP contribution in [0.4, 0.5) is 0 Å². The molecule has 6 nitrogen and oxygen atoms in total. The SMILES string of the molecule is Cn1cncc1-c1nc(C(N)C2CC2)no1. The molecule has 3 rings (SSSR count). The van der Waals surface area contributed by atoms with Crippen LogP contribution in [0.5, 0.6) is 0 Å². The molecule has 84 valence electrons. The number of aryl methyl sites for hydroxylation is 1. The molecule has 1 unspecified atom stereocenters. The van der Waals surface area contributed by atoms with Crippen LogP contribution in [0.3, 0.4) is 0 Å². The van der Waals surface area contributed by atoms with Crippen molar-refractivity contribution < 1.29 is 4.52 Å². The Labute approximate surface area is 92.5 Å². The molecule has 1 saturated carbocycles. The molecule has 2 aromatic rings. The first-order valence-corrected chi connectivity index (χ1v) is 5.31. The summed E-state index contributed by atoms with van der Waals surface area (Å²) in [5, 5.41) is 3.92. The second kappa shape index (κ2) is 3.41. The van der Waals surface area contributed by atoms with Gasteiger partial charge in [0.1, 0.15) is 5.69 Å². The Morgan fingerprint density at radius 2 is 2.38 bits per heavy atom. The number of nitrogens with two attached hydrogens (primary N) is 1. The van der Waals surface area contributed by atoms with Gasteiger partial charge >= 0.3 is 0 Å². The molecule has 0 amide bonds. The van der Waals surface area contributed by atoms with Gasteiger partial charge in [-0.1, -0.05) is 5.16 Å². The van der Waals surface area contributed by atoms with Gasteiger partial charge in [-0.2, -0.15) is 4.98 Å². The van der Waals surface area contributed by atoms with Crippen LogP contribution in [-0.4, -0.2) is 19.7 Å². The summed E-state index contributed by atoms with van der Waals surface area (Å²) in [6.45, 7) is 0. The van der Waals surface area contributed by atoms with E-state index in [4.69, 9.17) is 10.3 Å². The highest BCUT2D eigenvalue weighted by atomic mass is 16.5. The highest BCUT2D eigenvalue weighted by Gasteiger charge is 2.32. The third-order valence-electron chi connectivity index (χ3n) is 2.91. The van der Waals surface area contributed by atoms with Crippen molar-refractivity contribution in [2.24, 2.45) is 18.7 Å². The van der Waals surface area contributed by atoms with Gasteiger partial charge in [-0.05, 0) is 18.8 Å². The molecule has 16 heavy (non-hydrogen) atoms. The summed E-state index contributed by atoms with van der Waals surface area (Å²) in [4.78, 5) is 8.31. The van der Waals surface area contributed by atoms with Gasteiger partial charge in [-0.25, -0.2) is 4.98 Å². The average molecular weight is 219 g/mol. The van der Waals surface area contributed by atoms with Crippen LogP contribution in [0.2, 0.25) is 0 Å². The van der Waals surface area contributed by atoms with Crippen LogP contribution < -0.4 is 5.73 Å². The van der Waals surface area contributed by atoms with E-state index in [0.717, 1.165) is 18.5 Å². The van der Waals surface area contributed by atoms with Gasteiger partial charge in [-0.3, -0.25) is 0 Å². The van der Waals surface area contributed by atoms with Crippen LogP contribution in [0, 0.1) is 5.92 Å². The van der Waals surface area contributed by atoms with Crippen LogP contribution in [0.1, 0.15) is 24.7 Å². The van der Waals surface area contributed by atoms with Crippen LogP contribution in [0.25, 0.3) is 11.6 Å². The summed E-state index contributed by atoms with van der Waals surface area (Å²) in [5.74, 6) is 1.60. The number of hydrogen-bond acceptors (Lipinski definition) is 5. The molecule has 6 heteroatoms. The fourth-order valence-electron chi connectivity index (χ4n) is 1.70. The first-order valence-electron chi connectivity index (χ1n) is 5.31. The molecular weight excluding hydrogens is 206 g/mol. The highest BCUT2D eigenvalue weighted by molar-refractivity contribution is 5.45. The van der Waals surface area contributed by atoms with Gasteiger partial charge < -0.3 is 14.8 Å². The maximum atomic E-state index is 6.00. The Balaban J connectivity index is 1.90. The van der Waals surface area contributed by atoms with E-state index in [2.05, 4.69) is 15.1 Å². The number of rotatable bonds is 3. The Kier molecular flexibility index (Phi) is 2.03. The van der Waals surface area contributed by atoms with E-state index in [9.17, 15) is 0 Å². The maximum Gasteiger partial charge on any atom is 0.276 e. The van der Waals surface area contributed by atoms with E-state index in [1.54, 1.807) is 12.5 Å². The highest BCUT2D eigenvalue weighted by Crippen LogP contribution is 2.38. The lowest BCUT2D eigenvalue weighted by Gasteiger charge is -2.01. The summed E-state index contributed by atoms with van der Waals surface area (Å²) in [5.41, 5.74) is 6.80. The minimum absolute atomic E-state index is 0.0919. The van der Waals surface area contributed by atoms with Crippen LogP contribution in [0.15, 0.2) is 17.0 Å². The lowest BCUT2D eigenvalue weighted by atomic mass is 10.2. The molecule has 1 atom stereocenters. The minimum Gasteiger partial charge on any atom is -0.332 e. The first kappa shape index (κ1) is 9.53. The molecule has 0 spiro atoms.